The molecule has 0 bridgehead atoms. The number of ether oxygens (including phenoxy) is 1. The van der Waals surface area contributed by atoms with E-state index < -0.39 is 0 Å². The average Bonchev–Trinajstić information content (AvgIpc) is 2.59. The zero-order chi connectivity index (χ0) is 18.4. The van der Waals surface area contributed by atoms with Crippen molar-refractivity contribution in [2.45, 2.75) is 66.0 Å². The van der Waals surface area contributed by atoms with Gasteiger partial charge in [-0.25, -0.2) is 0 Å². The summed E-state index contributed by atoms with van der Waals surface area (Å²) < 4.78 is 6.05. The normalized spacial score (nSPS) is 25.3. The zero-order valence-corrected chi connectivity index (χ0v) is 19.4. The fourth-order valence-corrected chi connectivity index (χ4v) is 3.56. The third kappa shape index (κ3) is 5.71. The highest BCUT2D eigenvalue weighted by molar-refractivity contribution is 14.0. The van der Waals surface area contributed by atoms with Gasteiger partial charge in [0.15, 0.2) is 5.96 Å². The van der Waals surface area contributed by atoms with E-state index in [9.17, 15) is 4.79 Å². The lowest BCUT2D eigenvalue weighted by molar-refractivity contribution is -0.130. The number of nitrogens with zero attached hydrogens (tertiary/aromatic N) is 3. The number of guanidine groups is 1. The summed E-state index contributed by atoms with van der Waals surface area (Å²) in [5, 5.41) is 3.67. The van der Waals surface area contributed by atoms with Crippen LogP contribution in [0.2, 0.25) is 0 Å². The largest absolute Gasteiger partial charge is 0.378 e. The molecule has 1 heterocycles. The van der Waals surface area contributed by atoms with Gasteiger partial charge in [0.1, 0.15) is 0 Å². The molecule has 152 valence electrons. The van der Waals surface area contributed by atoms with E-state index in [1.165, 1.54) is 6.42 Å². The van der Waals surface area contributed by atoms with Crippen molar-refractivity contribution in [3.05, 3.63) is 0 Å². The molecule has 7 heteroatoms. The summed E-state index contributed by atoms with van der Waals surface area (Å²) in [4.78, 5) is 20.4. The maximum atomic E-state index is 11.5. The quantitative estimate of drug-likeness (QED) is 0.275. The number of rotatable bonds is 6. The Morgan fingerprint density at radius 1 is 1.19 bits per heavy atom. The first-order valence-electron chi connectivity index (χ1n) is 9.83. The number of aliphatic imine (C=N–C) groups is 1. The molecule has 0 spiro atoms. The molecule has 2 fully saturated rings. The molecule has 1 saturated carbocycles. The summed E-state index contributed by atoms with van der Waals surface area (Å²) in [5.74, 6) is 1.14. The Bertz CT molecular complexity index is 476. The number of piperazine rings is 1. The van der Waals surface area contributed by atoms with Gasteiger partial charge in [0.05, 0.1) is 6.10 Å². The van der Waals surface area contributed by atoms with Crippen LogP contribution in [0.1, 0.15) is 53.9 Å². The van der Waals surface area contributed by atoms with Crippen molar-refractivity contribution >= 4 is 35.8 Å². The van der Waals surface area contributed by atoms with E-state index in [0.717, 1.165) is 58.1 Å². The Labute approximate surface area is 176 Å². The number of unbranched alkanes of at least 4 members (excludes halogenated alkanes) is 1. The molecule has 1 aliphatic heterocycles. The lowest BCUT2D eigenvalue weighted by Gasteiger charge is -2.52. The fraction of sp³-hybridized carbons (Fsp3) is 0.895. The maximum absolute atomic E-state index is 11.5. The van der Waals surface area contributed by atoms with Gasteiger partial charge in [0.2, 0.25) is 5.91 Å². The van der Waals surface area contributed by atoms with Crippen molar-refractivity contribution in [2.75, 3.05) is 39.3 Å². The van der Waals surface area contributed by atoms with Gasteiger partial charge in [-0.3, -0.25) is 9.79 Å². The minimum absolute atomic E-state index is 0. The van der Waals surface area contributed by atoms with Crippen LogP contribution in [0.3, 0.4) is 0 Å². The summed E-state index contributed by atoms with van der Waals surface area (Å²) in [6.07, 6.45) is 3.67. The molecular formula is C19H37IN4O2. The topological polar surface area (TPSA) is 57.2 Å². The Morgan fingerprint density at radius 2 is 1.81 bits per heavy atom. The SMILES string of the molecule is CCCCOC1CC(NC(=NCC)N2CCN(C(C)=O)CC2)C1(C)C.I. The number of carbonyl (C=O) groups excluding carboxylic acids is 1. The lowest BCUT2D eigenvalue weighted by atomic mass is 9.64. The van der Waals surface area contributed by atoms with Crippen molar-refractivity contribution in [1.82, 2.24) is 15.1 Å². The minimum atomic E-state index is 0. The number of carbonyl (C=O) groups is 1. The van der Waals surface area contributed by atoms with Crippen molar-refractivity contribution in [3.63, 3.8) is 0 Å². The summed E-state index contributed by atoms with van der Waals surface area (Å²) in [6, 6.07) is 0.385. The maximum Gasteiger partial charge on any atom is 0.219 e. The van der Waals surface area contributed by atoms with Gasteiger partial charge in [-0.2, -0.15) is 0 Å². The third-order valence-corrected chi connectivity index (χ3v) is 5.63. The van der Waals surface area contributed by atoms with Crippen LogP contribution in [0.4, 0.5) is 0 Å². The van der Waals surface area contributed by atoms with Crippen LogP contribution in [0.5, 0.6) is 0 Å². The van der Waals surface area contributed by atoms with Crippen molar-refractivity contribution in [3.8, 4) is 0 Å². The number of amides is 1. The predicted octanol–water partition coefficient (Wildman–Crippen LogP) is 2.72. The summed E-state index contributed by atoms with van der Waals surface area (Å²) >= 11 is 0. The van der Waals surface area contributed by atoms with Gasteiger partial charge in [0.25, 0.3) is 0 Å². The molecule has 1 N–H and O–H groups in total. The highest BCUT2D eigenvalue weighted by Gasteiger charge is 2.49. The highest BCUT2D eigenvalue weighted by atomic mass is 127. The number of hydrogen-bond acceptors (Lipinski definition) is 3. The standard InChI is InChI=1S/C19H36N4O2.HI/c1-6-8-13-25-17-14-16(19(17,4)5)21-18(20-7-2)23-11-9-22(10-12-23)15(3)24;/h16-17H,6-14H2,1-5H3,(H,20,21);1H. The molecule has 2 atom stereocenters. The summed E-state index contributed by atoms with van der Waals surface area (Å²) in [5.41, 5.74) is 0.115. The number of nitrogens with one attached hydrogen (secondary N) is 1. The molecule has 0 aromatic carbocycles. The monoisotopic (exact) mass is 480 g/mol. The fourth-order valence-electron chi connectivity index (χ4n) is 3.56. The third-order valence-electron chi connectivity index (χ3n) is 5.63. The molecule has 1 aliphatic carbocycles. The van der Waals surface area contributed by atoms with Crippen LogP contribution >= 0.6 is 24.0 Å². The molecule has 0 aromatic heterocycles. The minimum Gasteiger partial charge on any atom is -0.378 e. The molecule has 26 heavy (non-hydrogen) atoms. The van der Waals surface area contributed by atoms with Gasteiger partial charge < -0.3 is 19.9 Å². The predicted molar refractivity (Wildman–Crippen MR) is 117 cm³/mol. The second kappa shape index (κ2) is 10.7. The molecule has 0 radical (unpaired) electrons. The highest BCUT2D eigenvalue weighted by Crippen LogP contribution is 2.43. The van der Waals surface area contributed by atoms with Crippen molar-refractivity contribution in [1.29, 1.82) is 0 Å². The van der Waals surface area contributed by atoms with Crippen LogP contribution < -0.4 is 5.32 Å². The number of hydrogen-bond donors (Lipinski definition) is 1. The summed E-state index contributed by atoms with van der Waals surface area (Å²) in [7, 11) is 0. The first-order chi connectivity index (χ1) is 11.9. The Hall–Kier alpha value is -0.570. The Balaban J connectivity index is 0.00000338. The van der Waals surface area contributed by atoms with Crippen molar-refractivity contribution in [2.24, 2.45) is 10.4 Å². The molecule has 2 aliphatic rings. The average molecular weight is 480 g/mol. The molecule has 0 aromatic rings. The zero-order valence-electron chi connectivity index (χ0n) is 17.1. The van der Waals surface area contributed by atoms with Gasteiger partial charge in [0, 0.05) is 57.7 Å². The van der Waals surface area contributed by atoms with E-state index in [4.69, 9.17) is 9.73 Å². The molecular weight excluding hydrogens is 443 g/mol. The van der Waals surface area contributed by atoms with Crippen LogP contribution in [0.25, 0.3) is 0 Å². The van der Waals surface area contributed by atoms with Crippen molar-refractivity contribution < 1.29 is 9.53 Å². The molecule has 2 rings (SSSR count). The van der Waals surface area contributed by atoms with Gasteiger partial charge in [-0.15, -0.1) is 24.0 Å². The van der Waals surface area contributed by atoms with Crippen LogP contribution in [-0.2, 0) is 9.53 Å². The first-order valence-corrected chi connectivity index (χ1v) is 9.83. The van der Waals surface area contributed by atoms with Gasteiger partial charge in [-0.05, 0) is 19.8 Å². The van der Waals surface area contributed by atoms with Gasteiger partial charge in [-0.1, -0.05) is 27.2 Å². The second-order valence-electron chi connectivity index (χ2n) is 7.76. The van der Waals surface area contributed by atoms with E-state index in [0.29, 0.717) is 12.1 Å². The van der Waals surface area contributed by atoms with E-state index in [2.05, 4.69) is 37.9 Å². The first kappa shape index (κ1) is 23.5. The van der Waals surface area contributed by atoms with E-state index >= 15 is 0 Å². The van der Waals surface area contributed by atoms with E-state index in [-0.39, 0.29) is 35.3 Å². The second-order valence-corrected chi connectivity index (χ2v) is 7.76. The smallest absolute Gasteiger partial charge is 0.219 e. The molecule has 1 amide bonds. The Morgan fingerprint density at radius 3 is 2.31 bits per heavy atom. The molecule has 1 saturated heterocycles. The van der Waals surface area contributed by atoms with Crippen LogP contribution in [0.15, 0.2) is 4.99 Å². The molecule has 6 nitrogen and oxygen atoms in total. The van der Waals surface area contributed by atoms with Crippen LogP contribution in [-0.4, -0.2) is 73.1 Å². The summed E-state index contributed by atoms with van der Waals surface area (Å²) in [6.45, 7) is 15.3. The van der Waals surface area contributed by atoms with E-state index in [1.807, 2.05) is 4.90 Å². The van der Waals surface area contributed by atoms with Crippen LogP contribution in [0, 0.1) is 5.41 Å². The number of halogens is 1. The van der Waals surface area contributed by atoms with E-state index in [1.54, 1.807) is 6.92 Å². The lowest BCUT2D eigenvalue weighted by Crippen LogP contribution is -2.65. The Kier molecular flexibility index (Phi) is 9.64. The molecule has 2 unspecified atom stereocenters. The van der Waals surface area contributed by atoms with Gasteiger partial charge >= 0.3 is 0 Å².